The van der Waals surface area contributed by atoms with Crippen LogP contribution in [0.25, 0.3) is 0 Å². The summed E-state index contributed by atoms with van der Waals surface area (Å²) in [6.07, 6.45) is -9.78. The van der Waals surface area contributed by atoms with E-state index in [4.69, 9.17) is 23.2 Å². The van der Waals surface area contributed by atoms with E-state index < -0.39 is 33.8 Å². The van der Waals surface area contributed by atoms with Crippen LogP contribution in [-0.4, -0.2) is 25.3 Å². The van der Waals surface area contributed by atoms with Crippen LogP contribution in [0.5, 0.6) is 0 Å². The van der Waals surface area contributed by atoms with Crippen molar-refractivity contribution in [1.29, 1.82) is 0 Å². The Morgan fingerprint density at radius 3 is 1.39 bits per heavy atom. The van der Waals surface area contributed by atoms with Crippen LogP contribution in [0.15, 0.2) is 0 Å². The Balaban J connectivity index is 2.00. The minimum absolute atomic E-state index is 0.0614. The highest BCUT2D eigenvalue weighted by Gasteiger charge is 2.39. The third-order valence-electron chi connectivity index (χ3n) is 4.01. The first-order chi connectivity index (χ1) is 12.7. The normalized spacial score (nSPS) is 12.6. The number of Topliss-reactive ketones (excluding diaryl/α,β-unsaturated/α-hetero) is 1. The lowest BCUT2D eigenvalue weighted by Crippen LogP contribution is -2.13. The van der Waals surface area contributed by atoms with E-state index in [1.165, 1.54) is 13.8 Å². The van der Waals surface area contributed by atoms with Gasteiger partial charge in [-0.15, -0.1) is 0 Å². The second kappa shape index (κ2) is 7.94. The van der Waals surface area contributed by atoms with Crippen molar-refractivity contribution < 1.29 is 31.1 Å². The number of hydrogen-bond acceptors (Lipinski definition) is 3. The number of nitrogens with zero attached hydrogens (tertiary/aromatic N) is 4. The summed E-state index contributed by atoms with van der Waals surface area (Å²) in [4.78, 5) is 12.0. The van der Waals surface area contributed by atoms with Gasteiger partial charge in [0, 0.05) is 25.9 Å². The third kappa shape index (κ3) is 4.80. The van der Waals surface area contributed by atoms with E-state index in [9.17, 15) is 31.1 Å². The van der Waals surface area contributed by atoms with Gasteiger partial charge in [0.15, 0.2) is 11.4 Å². The van der Waals surface area contributed by atoms with Gasteiger partial charge in [-0.25, -0.2) is 0 Å². The molecule has 0 amide bonds. The molecule has 2 heterocycles. The lowest BCUT2D eigenvalue weighted by molar-refractivity contribution is -0.142. The van der Waals surface area contributed by atoms with E-state index in [0.29, 0.717) is 0 Å². The quantitative estimate of drug-likeness (QED) is 0.576. The maximum atomic E-state index is 12.8. The molecule has 0 saturated carbocycles. The van der Waals surface area contributed by atoms with Crippen molar-refractivity contribution >= 4 is 29.0 Å². The zero-order chi connectivity index (χ0) is 21.4. The molecule has 0 aliphatic carbocycles. The highest BCUT2D eigenvalue weighted by molar-refractivity contribution is 6.32. The van der Waals surface area contributed by atoms with Gasteiger partial charge in [0.2, 0.25) is 0 Å². The Bertz CT molecular complexity index is 814. The molecular formula is C15H14Cl2F6N4O. The highest BCUT2D eigenvalue weighted by atomic mass is 35.5. The highest BCUT2D eigenvalue weighted by Crippen LogP contribution is 2.36. The molecule has 156 valence electrons. The van der Waals surface area contributed by atoms with Gasteiger partial charge in [0.1, 0.15) is 5.78 Å². The molecule has 0 saturated heterocycles. The number of aromatic nitrogens is 4. The monoisotopic (exact) mass is 450 g/mol. The average Bonchev–Trinajstić information content (AvgIpc) is 3.01. The molecule has 0 atom stereocenters. The number of carbonyl (C=O) groups is 1. The Hall–Kier alpha value is -1.75. The van der Waals surface area contributed by atoms with Gasteiger partial charge in [-0.1, -0.05) is 23.2 Å². The van der Waals surface area contributed by atoms with Crippen molar-refractivity contribution in [2.75, 3.05) is 0 Å². The minimum atomic E-state index is -4.72. The molecule has 13 heteroatoms. The molecule has 0 aliphatic rings. The van der Waals surface area contributed by atoms with Crippen LogP contribution in [0.2, 0.25) is 10.0 Å². The van der Waals surface area contributed by atoms with E-state index >= 15 is 0 Å². The summed E-state index contributed by atoms with van der Waals surface area (Å²) in [5.74, 6) is -0.390. The number of alkyl halides is 6. The fourth-order valence-electron chi connectivity index (χ4n) is 2.43. The van der Waals surface area contributed by atoms with Crippen LogP contribution in [0.1, 0.15) is 35.6 Å². The standard InChI is InChI=1S/C15H14Cl2F6N4O/c1-7-10(16)12(14(18,19)20)24-26(7)5-3-9(28)4-6-27-8(2)11(17)13(25-27)15(21,22)23/h3-6H2,1-2H3. The molecule has 0 unspecified atom stereocenters. The van der Waals surface area contributed by atoms with Gasteiger partial charge in [0.05, 0.1) is 21.4 Å². The number of aryl methyl sites for hydroxylation is 2. The number of ketones is 1. The molecule has 0 fully saturated rings. The Morgan fingerprint density at radius 1 is 0.821 bits per heavy atom. The molecule has 0 N–H and O–H groups in total. The SMILES string of the molecule is Cc1c(Cl)c(C(F)(F)F)nn1CCC(=O)CCn1nc(C(F)(F)F)c(Cl)c1C. The maximum Gasteiger partial charge on any atom is 0.436 e. The zero-order valence-corrected chi connectivity index (χ0v) is 16.1. The molecule has 5 nitrogen and oxygen atoms in total. The van der Waals surface area contributed by atoms with Crippen molar-refractivity contribution in [2.24, 2.45) is 0 Å². The second-order valence-electron chi connectivity index (χ2n) is 5.98. The summed E-state index contributed by atoms with van der Waals surface area (Å²) in [6, 6.07) is 0. The zero-order valence-electron chi connectivity index (χ0n) is 14.5. The molecule has 0 spiro atoms. The molecule has 0 aromatic carbocycles. The first kappa shape index (κ1) is 22.5. The molecule has 0 aliphatic heterocycles. The summed E-state index contributed by atoms with van der Waals surface area (Å²) >= 11 is 11.2. The molecule has 2 aromatic rings. The van der Waals surface area contributed by atoms with E-state index in [0.717, 1.165) is 9.36 Å². The number of rotatable bonds is 6. The summed E-state index contributed by atoms with van der Waals surface area (Å²) in [7, 11) is 0. The predicted octanol–water partition coefficient (Wildman–Crippen LogP) is 5.09. The average molecular weight is 451 g/mol. The van der Waals surface area contributed by atoms with Crippen molar-refractivity contribution in [1.82, 2.24) is 19.6 Å². The third-order valence-corrected chi connectivity index (χ3v) is 4.91. The smallest absolute Gasteiger partial charge is 0.300 e. The molecular weight excluding hydrogens is 437 g/mol. The first-order valence-corrected chi connectivity index (χ1v) is 8.61. The molecule has 0 radical (unpaired) electrons. The van der Waals surface area contributed by atoms with Gasteiger partial charge in [-0.05, 0) is 13.8 Å². The number of halogens is 8. The summed E-state index contributed by atoms with van der Waals surface area (Å²) in [5, 5.41) is 5.67. The van der Waals surface area contributed by atoms with Crippen LogP contribution in [0.3, 0.4) is 0 Å². The Morgan fingerprint density at radius 2 is 1.14 bits per heavy atom. The van der Waals surface area contributed by atoms with Gasteiger partial charge >= 0.3 is 12.4 Å². The van der Waals surface area contributed by atoms with Crippen LogP contribution < -0.4 is 0 Å². The van der Waals surface area contributed by atoms with E-state index in [1.54, 1.807) is 0 Å². The lowest BCUT2D eigenvalue weighted by Gasteiger charge is -2.06. The predicted molar refractivity (Wildman–Crippen MR) is 88.2 cm³/mol. The van der Waals surface area contributed by atoms with Gasteiger partial charge in [-0.2, -0.15) is 36.5 Å². The summed E-state index contributed by atoms with van der Waals surface area (Å²) in [6.45, 7) is 2.38. The van der Waals surface area contributed by atoms with Crippen LogP contribution in [0, 0.1) is 13.8 Å². The summed E-state index contributed by atoms with van der Waals surface area (Å²) < 4.78 is 78.6. The fraction of sp³-hybridized carbons (Fsp3) is 0.533. The van der Waals surface area contributed by atoms with Crippen molar-refractivity contribution in [3.05, 3.63) is 32.8 Å². The molecule has 28 heavy (non-hydrogen) atoms. The van der Waals surface area contributed by atoms with Gasteiger partial charge in [-0.3, -0.25) is 14.2 Å². The second-order valence-corrected chi connectivity index (χ2v) is 6.73. The maximum absolute atomic E-state index is 12.8. The number of hydrogen-bond donors (Lipinski definition) is 0. The van der Waals surface area contributed by atoms with E-state index in [2.05, 4.69) is 10.2 Å². The largest absolute Gasteiger partial charge is 0.436 e. The fourth-order valence-corrected chi connectivity index (χ4v) is 2.92. The molecule has 2 aromatic heterocycles. The molecule has 0 bridgehead atoms. The van der Waals surface area contributed by atoms with Crippen molar-refractivity contribution in [3.8, 4) is 0 Å². The topological polar surface area (TPSA) is 52.7 Å². The van der Waals surface area contributed by atoms with Crippen LogP contribution in [-0.2, 0) is 30.2 Å². The van der Waals surface area contributed by atoms with Gasteiger partial charge in [0.25, 0.3) is 0 Å². The molecule has 2 rings (SSSR count). The number of carbonyl (C=O) groups excluding carboxylic acids is 1. The van der Waals surface area contributed by atoms with E-state index in [1.807, 2.05) is 0 Å². The van der Waals surface area contributed by atoms with Crippen molar-refractivity contribution in [3.63, 3.8) is 0 Å². The Labute approximate surface area is 165 Å². The summed E-state index contributed by atoms with van der Waals surface area (Å²) in [5.41, 5.74) is -2.35. The van der Waals surface area contributed by atoms with E-state index in [-0.39, 0.29) is 43.1 Å². The van der Waals surface area contributed by atoms with Gasteiger partial charge < -0.3 is 0 Å². The van der Waals surface area contributed by atoms with Crippen LogP contribution >= 0.6 is 23.2 Å². The van der Waals surface area contributed by atoms with Crippen LogP contribution in [0.4, 0.5) is 26.3 Å². The Kier molecular flexibility index (Phi) is 6.39. The lowest BCUT2D eigenvalue weighted by atomic mass is 10.2. The minimum Gasteiger partial charge on any atom is -0.300 e. The van der Waals surface area contributed by atoms with Crippen molar-refractivity contribution in [2.45, 2.75) is 52.1 Å². The first-order valence-electron chi connectivity index (χ1n) is 7.85.